The van der Waals surface area contributed by atoms with E-state index < -0.39 is 33.7 Å². The molecule has 0 bridgehead atoms. The normalized spacial score (nSPS) is 19.5. The number of fused-ring (bicyclic) bond motifs is 1. The van der Waals surface area contributed by atoms with Gasteiger partial charge in [0.1, 0.15) is 17.5 Å². The quantitative estimate of drug-likeness (QED) is 0.373. The molecular weight excluding hydrogens is 455 g/mol. The van der Waals surface area contributed by atoms with Crippen molar-refractivity contribution in [3.63, 3.8) is 0 Å². The van der Waals surface area contributed by atoms with Crippen LogP contribution in [0.15, 0.2) is 36.4 Å². The van der Waals surface area contributed by atoms with Gasteiger partial charge in [-0.05, 0) is 79.5 Å². The molecule has 0 saturated heterocycles. The van der Waals surface area contributed by atoms with Gasteiger partial charge >= 0.3 is 0 Å². The lowest BCUT2D eigenvalue weighted by Gasteiger charge is -2.36. The molecule has 0 amide bonds. The van der Waals surface area contributed by atoms with Crippen molar-refractivity contribution in [1.82, 2.24) is 14.4 Å². The number of halogens is 3. The molecule has 0 aliphatic heterocycles. The standard InChI is InChI=1S/C23H26F3N3O3S/c1-13(6-7-30)29-33(31,32)27-12-14-8-16(9-14)21-19-10-18(25)11-20(26)23(19)28-22(21)15-2-4-17(24)5-3-15/h2-5,10-11,13-14,16,27-30H,6-9,12H2,1H3. The summed E-state index contributed by atoms with van der Waals surface area (Å²) < 4.78 is 71.2. The molecule has 2 aromatic carbocycles. The number of benzene rings is 2. The molecular formula is C23H26F3N3O3S. The number of H-pyrrole nitrogens is 1. The Balaban J connectivity index is 1.53. The van der Waals surface area contributed by atoms with Crippen LogP contribution in [0.5, 0.6) is 0 Å². The Kier molecular flexibility index (Phi) is 6.81. The lowest BCUT2D eigenvalue weighted by Crippen LogP contribution is -2.44. The van der Waals surface area contributed by atoms with E-state index in [0.29, 0.717) is 35.9 Å². The van der Waals surface area contributed by atoms with Crippen molar-refractivity contribution in [2.75, 3.05) is 13.2 Å². The SMILES string of the molecule is CC(CCO)NS(=O)(=O)NCC1CC(c2c(-c3ccc(F)cc3)[nH]c3c(F)cc(F)cc23)C1. The molecule has 1 unspecified atom stereocenters. The molecule has 178 valence electrons. The molecule has 6 nitrogen and oxygen atoms in total. The molecule has 1 saturated carbocycles. The van der Waals surface area contributed by atoms with E-state index in [1.165, 1.54) is 18.2 Å². The molecule has 1 heterocycles. The van der Waals surface area contributed by atoms with E-state index in [0.717, 1.165) is 11.6 Å². The molecule has 1 atom stereocenters. The summed E-state index contributed by atoms with van der Waals surface area (Å²) in [5, 5.41) is 9.36. The first kappa shape index (κ1) is 23.7. The second kappa shape index (κ2) is 9.46. The van der Waals surface area contributed by atoms with Gasteiger partial charge in [0.05, 0.1) is 11.2 Å². The number of aromatic amines is 1. The van der Waals surface area contributed by atoms with E-state index >= 15 is 0 Å². The monoisotopic (exact) mass is 481 g/mol. The molecule has 1 aliphatic carbocycles. The molecule has 3 aromatic rings. The molecule has 4 N–H and O–H groups in total. The fourth-order valence-electron chi connectivity index (χ4n) is 4.43. The minimum atomic E-state index is -3.70. The lowest BCUT2D eigenvalue weighted by atomic mass is 9.70. The molecule has 1 fully saturated rings. The van der Waals surface area contributed by atoms with Crippen LogP contribution < -0.4 is 9.44 Å². The van der Waals surface area contributed by atoms with Gasteiger partial charge in [-0.15, -0.1) is 0 Å². The van der Waals surface area contributed by atoms with Crippen LogP contribution in [0.1, 0.15) is 37.7 Å². The second-order valence-electron chi connectivity index (χ2n) is 8.65. The predicted octanol–water partition coefficient (Wildman–Crippen LogP) is 3.94. The average Bonchev–Trinajstić information content (AvgIpc) is 3.06. The number of aliphatic hydroxyl groups is 1. The molecule has 1 aromatic heterocycles. The smallest absolute Gasteiger partial charge is 0.277 e. The van der Waals surface area contributed by atoms with Gasteiger partial charge in [-0.1, -0.05) is 0 Å². The first-order valence-electron chi connectivity index (χ1n) is 10.8. The van der Waals surface area contributed by atoms with Crippen LogP contribution in [-0.4, -0.2) is 37.7 Å². The zero-order valence-corrected chi connectivity index (χ0v) is 18.9. The number of aromatic nitrogens is 1. The highest BCUT2D eigenvalue weighted by atomic mass is 32.2. The highest BCUT2D eigenvalue weighted by Gasteiger charge is 2.35. The van der Waals surface area contributed by atoms with Crippen molar-refractivity contribution < 1.29 is 26.7 Å². The van der Waals surface area contributed by atoms with Gasteiger partial charge in [0, 0.05) is 30.6 Å². The van der Waals surface area contributed by atoms with Crippen molar-refractivity contribution in [2.24, 2.45) is 5.92 Å². The van der Waals surface area contributed by atoms with E-state index in [-0.39, 0.29) is 30.5 Å². The van der Waals surface area contributed by atoms with Crippen LogP contribution >= 0.6 is 0 Å². The van der Waals surface area contributed by atoms with E-state index in [2.05, 4.69) is 14.4 Å². The highest BCUT2D eigenvalue weighted by Crippen LogP contribution is 2.48. The van der Waals surface area contributed by atoms with Gasteiger partial charge < -0.3 is 10.1 Å². The minimum Gasteiger partial charge on any atom is -0.396 e. The third-order valence-electron chi connectivity index (χ3n) is 6.12. The molecule has 33 heavy (non-hydrogen) atoms. The average molecular weight is 482 g/mol. The maximum absolute atomic E-state index is 14.5. The maximum atomic E-state index is 14.5. The third-order valence-corrected chi connectivity index (χ3v) is 7.38. The maximum Gasteiger partial charge on any atom is 0.277 e. The summed E-state index contributed by atoms with van der Waals surface area (Å²) in [5.41, 5.74) is 2.22. The summed E-state index contributed by atoms with van der Waals surface area (Å²) in [6.07, 6.45) is 1.58. The summed E-state index contributed by atoms with van der Waals surface area (Å²) in [4.78, 5) is 3.04. The summed E-state index contributed by atoms with van der Waals surface area (Å²) in [5.74, 6) is -1.75. The van der Waals surface area contributed by atoms with E-state index in [1.807, 2.05) is 0 Å². The third kappa shape index (κ3) is 5.24. The van der Waals surface area contributed by atoms with Crippen LogP contribution in [-0.2, 0) is 10.2 Å². The van der Waals surface area contributed by atoms with Crippen molar-refractivity contribution in [1.29, 1.82) is 0 Å². The summed E-state index contributed by atoms with van der Waals surface area (Å²) >= 11 is 0. The van der Waals surface area contributed by atoms with Gasteiger partial charge in [-0.3, -0.25) is 0 Å². The van der Waals surface area contributed by atoms with Crippen LogP contribution in [0.2, 0.25) is 0 Å². The van der Waals surface area contributed by atoms with Gasteiger partial charge in [0.25, 0.3) is 10.2 Å². The summed E-state index contributed by atoms with van der Waals surface area (Å²) in [7, 11) is -3.70. The van der Waals surface area contributed by atoms with Crippen molar-refractivity contribution >= 4 is 21.1 Å². The zero-order chi connectivity index (χ0) is 23.8. The minimum absolute atomic E-state index is 0.0317. The molecule has 0 radical (unpaired) electrons. The Morgan fingerprint density at radius 1 is 1.12 bits per heavy atom. The molecule has 0 spiro atoms. The van der Waals surface area contributed by atoms with Crippen LogP contribution in [0.4, 0.5) is 13.2 Å². The number of hydrogen-bond acceptors (Lipinski definition) is 3. The molecule has 1 aliphatic rings. The highest BCUT2D eigenvalue weighted by molar-refractivity contribution is 7.87. The van der Waals surface area contributed by atoms with Gasteiger partial charge in [0.2, 0.25) is 0 Å². The molecule has 4 rings (SSSR count). The Morgan fingerprint density at radius 3 is 2.48 bits per heavy atom. The fraction of sp³-hybridized carbons (Fsp3) is 0.391. The number of rotatable bonds is 9. The second-order valence-corrected chi connectivity index (χ2v) is 10.2. The number of nitrogens with one attached hydrogen (secondary N) is 3. The summed E-state index contributed by atoms with van der Waals surface area (Å²) in [6.45, 7) is 1.78. The number of hydrogen-bond donors (Lipinski definition) is 4. The van der Waals surface area contributed by atoms with Crippen LogP contribution in [0, 0.1) is 23.4 Å². The van der Waals surface area contributed by atoms with Crippen molar-refractivity contribution in [3.05, 3.63) is 59.4 Å². The number of aliphatic hydroxyl groups excluding tert-OH is 1. The fourth-order valence-corrected chi connectivity index (χ4v) is 5.62. The van der Waals surface area contributed by atoms with Gasteiger partial charge in [0.15, 0.2) is 0 Å². The van der Waals surface area contributed by atoms with Crippen LogP contribution in [0.25, 0.3) is 22.2 Å². The van der Waals surface area contributed by atoms with Crippen LogP contribution in [0.3, 0.4) is 0 Å². The lowest BCUT2D eigenvalue weighted by molar-refractivity contribution is 0.265. The molecule has 10 heteroatoms. The Bertz CT molecular complexity index is 1240. The zero-order valence-electron chi connectivity index (χ0n) is 18.0. The Morgan fingerprint density at radius 2 is 1.82 bits per heavy atom. The first-order valence-corrected chi connectivity index (χ1v) is 12.3. The van der Waals surface area contributed by atoms with E-state index in [4.69, 9.17) is 5.11 Å². The van der Waals surface area contributed by atoms with E-state index in [1.54, 1.807) is 19.1 Å². The Hall–Kier alpha value is -2.40. The predicted molar refractivity (Wildman–Crippen MR) is 120 cm³/mol. The topological polar surface area (TPSA) is 94.2 Å². The van der Waals surface area contributed by atoms with E-state index in [9.17, 15) is 21.6 Å². The van der Waals surface area contributed by atoms with Crippen molar-refractivity contribution in [2.45, 2.75) is 38.1 Å². The Labute approximate surface area is 190 Å². The largest absolute Gasteiger partial charge is 0.396 e. The van der Waals surface area contributed by atoms with Gasteiger partial charge in [-0.25, -0.2) is 17.9 Å². The van der Waals surface area contributed by atoms with Gasteiger partial charge in [-0.2, -0.15) is 13.1 Å². The summed E-state index contributed by atoms with van der Waals surface area (Å²) in [6, 6.07) is 7.51. The first-order chi connectivity index (χ1) is 15.7. The van der Waals surface area contributed by atoms with Crippen molar-refractivity contribution in [3.8, 4) is 11.3 Å².